The molecule has 100 valence electrons. The van der Waals surface area contributed by atoms with Crippen LogP contribution >= 0.6 is 11.6 Å². The fourth-order valence-electron chi connectivity index (χ4n) is 1.52. The van der Waals surface area contributed by atoms with E-state index < -0.39 is 0 Å². The fourth-order valence-corrected chi connectivity index (χ4v) is 1.74. The monoisotopic (exact) mass is 280 g/mol. The second-order valence-corrected chi connectivity index (χ2v) is 4.31. The summed E-state index contributed by atoms with van der Waals surface area (Å²) >= 11 is 5.99. The Labute approximate surface area is 114 Å². The Bertz CT molecular complexity index is 647. The lowest BCUT2D eigenvalue weighted by Gasteiger charge is -2.07. The van der Waals surface area contributed by atoms with Crippen LogP contribution in [0.4, 0.5) is 5.69 Å². The lowest BCUT2D eigenvalue weighted by molar-refractivity contribution is 0.384. The second kappa shape index (κ2) is 5.71. The van der Waals surface area contributed by atoms with E-state index in [1.54, 1.807) is 12.1 Å². The van der Waals surface area contributed by atoms with Gasteiger partial charge in [0.1, 0.15) is 5.02 Å². The quantitative estimate of drug-likeness (QED) is 0.848. The van der Waals surface area contributed by atoms with Crippen molar-refractivity contribution >= 4 is 17.3 Å². The predicted octanol–water partition coefficient (Wildman–Crippen LogP) is 1.99. The number of hydrogen-bond acceptors (Lipinski definition) is 5. The summed E-state index contributed by atoms with van der Waals surface area (Å²) in [7, 11) is 0. The highest BCUT2D eigenvalue weighted by molar-refractivity contribution is 6.32. The lowest BCUT2D eigenvalue weighted by Crippen LogP contribution is -2.23. The smallest absolute Gasteiger partial charge is 0.287 e. The van der Waals surface area contributed by atoms with Crippen LogP contribution in [0.3, 0.4) is 0 Å². The Morgan fingerprint density at radius 3 is 3.05 bits per heavy atom. The van der Waals surface area contributed by atoms with Crippen LogP contribution in [-0.2, 0) is 13.1 Å². The molecule has 2 heterocycles. The highest BCUT2D eigenvalue weighted by Gasteiger charge is 2.09. The van der Waals surface area contributed by atoms with Crippen molar-refractivity contribution in [1.82, 2.24) is 14.9 Å². The molecule has 19 heavy (non-hydrogen) atoms. The molecule has 0 spiro atoms. The van der Waals surface area contributed by atoms with Crippen molar-refractivity contribution in [2.24, 2.45) is 0 Å². The van der Waals surface area contributed by atoms with E-state index in [1.165, 1.54) is 10.9 Å². The molecule has 6 nitrogen and oxygen atoms in total. The van der Waals surface area contributed by atoms with Gasteiger partial charge in [-0.15, -0.1) is 6.58 Å². The zero-order valence-electron chi connectivity index (χ0n) is 10.4. The average Bonchev–Trinajstić information content (AvgIpc) is 2.80. The molecule has 2 aromatic heterocycles. The molecule has 0 atom stereocenters. The Hall–Kier alpha value is -2.08. The number of allylic oxidation sites excluding steroid dienone is 1. The molecule has 0 bridgehead atoms. The van der Waals surface area contributed by atoms with E-state index in [0.29, 0.717) is 24.5 Å². The summed E-state index contributed by atoms with van der Waals surface area (Å²) in [5.41, 5.74) is 0.892. The summed E-state index contributed by atoms with van der Waals surface area (Å²) in [5.74, 6) is 0.656. The van der Waals surface area contributed by atoms with Crippen molar-refractivity contribution < 1.29 is 4.52 Å². The van der Waals surface area contributed by atoms with Gasteiger partial charge >= 0.3 is 0 Å². The number of rotatable bonds is 5. The number of anilines is 1. The molecule has 0 saturated heterocycles. The molecule has 1 N–H and O–H groups in total. The van der Waals surface area contributed by atoms with E-state index in [-0.39, 0.29) is 10.6 Å². The highest BCUT2D eigenvalue weighted by atomic mass is 35.5. The van der Waals surface area contributed by atoms with Crippen molar-refractivity contribution in [1.29, 1.82) is 0 Å². The van der Waals surface area contributed by atoms with Crippen molar-refractivity contribution in [3.63, 3.8) is 0 Å². The predicted molar refractivity (Wildman–Crippen MR) is 72.3 cm³/mol. The normalized spacial score (nSPS) is 10.4. The van der Waals surface area contributed by atoms with Crippen molar-refractivity contribution in [3.8, 4) is 0 Å². The second-order valence-electron chi connectivity index (χ2n) is 3.94. The maximum absolute atomic E-state index is 11.8. The van der Waals surface area contributed by atoms with Crippen molar-refractivity contribution in [2.45, 2.75) is 20.0 Å². The highest BCUT2D eigenvalue weighted by Crippen LogP contribution is 2.16. The SMILES string of the molecule is C=CCn1ncc(NCc2cc(C)no2)c(Cl)c1=O. The first-order chi connectivity index (χ1) is 9.11. The molecule has 0 aromatic carbocycles. The molecule has 0 saturated carbocycles. The number of nitrogens with zero attached hydrogens (tertiary/aromatic N) is 3. The molecule has 2 rings (SSSR count). The average molecular weight is 281 g/mol. The fraction of sp³-hybridized carbons (Fsp3) is 0.250. The van der Waals surface area contributed by atoms with Gasteiger partial charge in [-0.2, -0.15) is 5.10 Å². The third-order valence-corrected chi connectivity index (χ3v) is 2.78. The van der Waals surface area contributed by atoms with Gasteiger partial charge in [-0.1, -0.05) is 22.8 Å². The molecular weight excluding hydrogens is 268 g/mol. The minimum atomic E-state index is -0.361. The van der Waals surface area contributed by atoms with E-state index in [9.17, 15) is 4.79 Å². The standard InChI is InChI=1S/C12H13ClN4O2/c1-3-4-17-12(18)11(13)10(7-15-17)14-6-9-5-8(2)16-19-9/h3,5,7,14H,1,4,6H2,2H3. The van der Waals surface area contributed by atoms with E-state index in [0.717, 1.165) is 5.69 Å². The maximum Gasteiger partial charge on any atom is 0.287 e. The van der Waals surface area contributed by atoms with Crippen LogP contribution in [0, 0.1) is 6.92 Å². The van der Waals surface area contributed by atoms with Gasteiger partial charge in [0.2, 0.25) is 0 Å². The minimum Gasteiger partial charge on any atom is -0.375 e. The van der Waals surface area contributed by atoms with Crippen LogP contribution in [0.25, 0.3) is 0 Å². The van der Waals surface area contributed by atoms with Crippen LogP contribution in [0.5, 0.6) is 0 Å². The molecular formula is C12H13ClN4O2. The molecule has 0 radical (unpaired) electrons. The largest absolute Gasteiger partial charge is 0.375 e. The number of aromatic nitrogens is 3. The van der Waals surface area contributed by atoms with E-state index in [4.69, 9.17) is 16.1 Å². The van der Waals surface area contributed by atoms with Gasteiger partial charge in [0, 0.05) is 6.07 Å². The summed E-state index contributed by atoms with van der Waals surface area (Å²) < 4.78 is 6.28. The molecule has 0 amide bonds. The van der Waals surface area contributed by atoms with Crippen molar-refractivity contribution in [2.75, 3.05) is 5.32 Å². The summed E-state index contributed by atoms with van der Waals surface area (Å²) in [6.45, 7) is 6.08. The third kappa shape index (κ3) is 3.03. The molecule has 0 aliphatic heterocycles. The Morgan fingerprint density at radius 2 is 2.42 bits per heavy atom. The Balaban J connectivity index is 2.15. The van der Waals surface area contributed by atoms with Crippen molar-refractivity contribution in [3.05, 3.63) is 51.7 Å². The summed E-state index contributed by atoms with van der Waals surface area (Å²) in [5, 5.41) is 10.8. The van der Waals surface area contributed by atoms with Gasteiger partial charge in [0.25, 0.3) is 5.56 Å². The first kappa shape index (κ1) is 13.4. The molecule has 2 aromatic rings. The molecule has 0 aliphatic rings. The first-order valence-electron chi connectivity index (χ1n) is 5.64. The van der Waals surface area contributed by atoms with Gasteiger partial charge < -0.3 is 9.84 Å². The first-order valence-corrected chi connectivity index (χ1v) is 6.02. The molecule has 0 unspecified atom stereocenters. The van der Waals surface area contributed by atoms with Gasteiger partial charge in [0.05, 0.1) is 30.7 Å². The summed E-state index contributed by atoms with van der Waals surface area (Å²) in [6, 6.07) is 1.80. The van der Waals surface area contributed by atoms with E-state index in [1.807, 2.05) is 6.92 Å². The van der Waals surface area contributed by atoms with E-state index >= 15 is 0 Å². The number of halogens is 1. The maximum atomic E-state index is 11.8. The van der Waals surface area contributed by atoms with Crippen LogP contribution in [0.2, 0.25) is 5.02 Å². The molecule has 7 heteroatoms. The lowest BCUT2D eigenvalue weighted by atomic mass is 10.3. The molecule has 0 fully saturated rings. The van der Waals surface area contributed by atoms with Crippen LogP contribution in [-0.4, -0.2) is 14.9 Å². The number of aryl methyl sites for hydroxylation is 1. The van der Waals surface area contributed by atoms with Crippen LogP contribution in [0.1, 0.15) is 11.5 Å². The topological polar surface area (TPSA) is 73.0 Å². The van der Waals surface area contributed by atoms with Crippen LogP contribution < -0.4 is 10.9 Å². The summed E-state index contributed by atoms with van der Waals surface area (Å²) in [4.78, 5) is 11.8. The van der Waals surface area contributed by atoms with Gasteiger partial charge in [0.15, 0.2) is 5.76 Å². The minimum absolute atomic E-state index is 0.0908. The zero-order chi connectivity index (χ0) is 13.8. The zero-order valence-corrected chi connectivity index (χ0v) is 11.1. The van der Waals surface area contributed by atoms with Crippen LogP contribution in [0.15, 0.2) is 34.2 Å². The van der Waals surface area contributed by atoms with Gasteiger partial charge in [-0.05, 0) is 6.92 Å². The number of hydrogen-bond donors (Lipinski definition) is 1. The molecule has 0 aliphatic carbocycles. The Kier molecular flexibility index (Phi) is 4.01. The summed E-state index contributed by atoms with van der Waals surface area (Å²) in [6.07, 6.45) is 3.07. The third-order valence-electron chi connectivity index (χ3n) is 2.42. The van der Waals surface area contributed by atoms with Gasteiger partial charge in [-0.25, -0.2) is 4.68 Å². The Morgan fingerprint density at radius 1 is 1.63 bits per heavy atom. The van der Waals surface area contributed by atoms with Gasteiger partial charge in [-0.3, -0.25) is 4.79 Å². The number of nitrogens with one attached hydrogen (secondary N) is 1. The van der Waals surface area contributed by atoms with E-state index in [2.05, 4.69) is 22.2 Å².